The monoisotopic (exact) mass is 409 g/mol. The first kappa shape index (κ1) is 19.4. The predicted molar refractivity (Wildman–Crippen MR) is 112 cm³/mol. The lowest BCUT2D eigenvalue weighted by Crippen LogP contribution is -2.27. The zero-order valence-corrected chi connectivity index (χ0v) is 17.1. The Morgan fingerprint density at radius 2 is 1.93 bits per heavy atom. The normalized spacial score (nSPS) is 13.3. The summed E-state index contributed by atoms with van der Waals surface area (Å²) in [6.07, 6.45) is 6.54. The number of carbonyl (C=O) groups excluding carboxylic acids is 1. The molecule has 0 radical (unpaired) electrons. The highest BCUT2D eigenvalue weighted by Gasteiger charge is 2.30. The predicted octanol–water partition coefficient (Wildman–Crippen LogP) is 3.13. The molecule has 1 saturated carbocycles. The van der Waals surface area contributed by atoms with Crippen molar-refractivity contribution in [2.24, 2.45) is 0 Å². The molecular formula is C21H23N5O2S. The quantitative estimate of drug-likeness (QED) is 0.547. The van der Waals surface area contributed by atoms with Crippen LogP contribution in [0.1, 0.15) is 24.4 Å². The number of nitrogens with one attached hydrogen (secondary N) is 1. The number of thioether (sulfide) groups is 1. The molecule has 1 aliphatic rings. The molecular weight excluding hydrogens is 386 g/mol. The van der Waals surface area contributed by atoms with E-state index in [1.165, 1.54) is 11.8 Å². The summed E-state index contributed by atoms with van der Waals surface area (Å²) < 4.78 is 7.32. The number of rotatable bonds is 9. The molecule has 0 unspecified atom stereocenters. The average molecular weight is 410 g/mol. The maximum atomic E-state index is 12.3. The zero-order chi connectivity index (χ0) is 20.1. The van der Waals surface area contributed by atoms with Gasteiger partial charge in [0, 0.05) is 30.5 Å². The number of nitrogens with zero attached hydrogens (tertiary/aromatic N) is 4. The number of ether oxygens (including phenoxy) is 1. The van der Waals surface area contributed by atoms with Gasteiger partial charge >= 0.3 is 0 Å². The Labute approximate surface area is 173 Å². The largest absolute Gasteiger partial charge is 0.497 e. The first-order valence-corrected chi connectivity index (χ1v) is 10.6. The third kappa shape index (κ3) is 4.95. The SMILES string of the molecule is COc1ccc(CCNC(=O)CSc2nnc(-c3ccncc3)n2C2CC2)cc1. The minimum atomic E-state index is -0.000630. The van der Waals surface area contributed by atoms with Crippen molar-refractivity contribution in [3.05, 3.63) is 54.4 Å². The summed E-state index contributed by atoms with van der Waals surface area (Å²) in [7, 11) is 1.65. The molecule has 1 aliphatic carbocycles. The van der Waals surface area contributed by atoms with Gasteiger partial charge in [0.15, 0.2) is 11.0 Å². The number of pyridine rings is 1. The van der Waals surface area contributed by atoms with Crippen LogP contribution in [0.25, 0.3) is 11.4 Å². The van der Waals surface area contributed by atoms with E-state index in [-0.39, 0.29) is 5.91 Å². The molecule has 29 heavy (non-hydrogen) atoms. The lowest BCUT2D eigenvalue weighted by Gasteiger charge is -2.09. The van der Waals surface area contributed by atoms with E-state index in [0.29, 0.717) is 18.3 Å². The number of amides is 1. The van der Waals surface area contributed by atoms with Crippen molar-refractivity contribution < 1.29 is 9.53 Å². The van der Waals surface area contributed by atoms with Crippen molar-refractivity contribution in [3.8, 4) is 17.1 Å². The van der Waals surface area contributed by atoms with Crippen LogP contribution in [0.15, 0.2) is 53.9 Å². The van der Waals surface area contributed by atoms with Gasteiger partial charge in [-0.1, -0.05) is 23.9 Å². The minimum absolute atomic E-state index is 0.000630. The number of methoxy groups -OCH3 is 1. The van der Waals surface area contributed by atoms with Gasteiger partial charge < -0.3 is 10.1 Å². The van der Waals surface area contributed by atoms with Gasteiger partial charge in [0.1, 0.15) is 5.75 Å². The third-order valence-electron chi connectivity index (χ3n) is 4.74. The van der Waals surface area contributed by atoms with Crippen LogP contribution in [0.3, 0.4) is 0 Å². The van der Waals surface area contributed by atoms with Crippen LogP contribution in [0, 0.1) is 0 Å². The summed E-state index contributed by atoms with van der Waals surface area (Å²) in [5, 5.41) is 12.5. The molecule has 0 aliphatic heterocycles. The van der Waals surface area contributed by atoms with E-state index in [1.54, 1.807) is 19.5 Å². The van der Waals surface area contributed by atoms with Crippen LogP contribution in [-0.2, 0) is 11.2 Å². The number of hydrogen-bond acceptors (Lipinski definition) is 6. The van der Waals surface area contributed by atoms with Gasteiger partial charge in [-0.2, -0.15) is 0 Å². The highest BCUT2D eigenvalue weighted by atomic mass is 32.2. The van der Waals surface area contributed by atoms with Gasteiger partial charge in [-0.25, -0.2) is 0 Å². The standard InChI is InChI=1S/C21H23N5O2S/c1-28-18-6-2-15(3-7-18)8-13-23-19(27)14-29-21-25-24-20(26(21)17-4-5-17)16-9-11-22-12-10-16/h2-3,6-7,9-12,17H,4-5,8,13-14H2,1H3,(H,23,27). The van der Waals surface area contributed by atoms with Crippen molar-refractivity contribution in [3.63, 3.8) is 0 Å². The zero-order valence-electron chi connectivity index (χ0n) is 16.2. The number of benzene rings is 1. The molecule has 0 bridgehead atoms. The van der Waals surface area contributed by atoms with Crippen LogP contribution < -0.4 is 10.1 Å². The first-order valence-electron chi connectivity index (χ1n) is 9.62. The Morgan fingerprint density at radius 3 is 2.62 bits per heavy atom. The number of carbonyl (C=O) groups is 1. The molecule has 0 saturated heterocycles. The van der Waals surface area contributed by atoms with E-state index in [2.05, 4.69) is 25.1 Å². The van der Waals surface area contributed by atoms with Crippen molar-refractivity contribution in [1.29, 1.82) is 0 Å². The molecule has 3 aromatic rings. The Morgan fingerprint density at radius 1 is 1.17 bits per heavy atom. The molecule has 7 nitrogen and oxygen atoms in total. The fourth-order valence-corrected chi connectivity index (χ4v) is 3.89. The summed E-state index contributed by atoms with van der Waals surface area (Å²) in [4.78, 5) is 16.3. The van der Waals surface area contributed by atoms with E-state index in [4.69, 9.17) is 4.74 Å². The molecule has 150 valence electrons. The second-order valence-corrected chi connectivity index (χ2v) is 7.82. The molecule has 4 rings (SSSR count). The van der Waals surface area contributed by atoms with Crippen LogP contribution in [0.5, 0.6) is 5.75 Å². The molecule has 1 amide bonds. The van der Waals surface area contributed by atoms with Crippen LogP contribution in [-0.4, -0.2) is 45.1 Å². The van der Waals surface area contributed by atoms with Crippen LogP contribution >= 0.6 is 11.8 Å². The minimum Gasteiger partial charge on any atom is -0.497 e. The highest BCUT2D eigenvalue weighted by molar-refractivity contribution is 7.99. The van der Waals surface area contributed by atoms with Gasteiger partial charge in [0.2, 0.25) is 5.91 Å². The molecule has 1 fully saturated rings. The summed E-state index contributed by atoms with van der Waals surface area (Å²) in [6, 6.07) is 12.2. The van der Waals surface area contributed by atoms with E-state index >= 15 is 0 Å². The van der Waals surface area contributed by atoms with E-state index in [9.17, 15) is 4.79 Å². The maximum absolute atomic E-state index is 12.3. The second kappa shape index (κ2) is 9.09. The fourth-order valence-electron chi connectivity index (χ4n) is 3.05. The van der Waals surface area contributed by atoms with Gasteiger partial charge in [0.05, 0.1) is 12.9 Å². The van der Waals surface area contributed by atoms with Crippen molar-refractivity contribution in [1.82, 2.24) is 25.1 Å². The van der Waals surface area contributed by atoms with Crippen molar-refractivity contribution in [2.75, 3.05) is 19.4 Å². The van der Waals surface area contributed by atoms with Gasteiger partial charge in [0.25, 0.3) is 0 Å². The lowest BCUT2D eigenvalue weighted by molar-refractivity contribution is -0.118. The Balaban J connectivity index is 1.30. The van der Waals surface area contributed by atoms with Gasteiger partial charge in [-0.3, -0.25) is 14.3 Å². The average Bonchev–Trinajstić information content (AvgIpc) is 3.52. The highest BCUT2D eigenvalue weighted by Crippen LogP contribution is 2.40. The van der Waals surface area contributed by atoms with Gasteiger partial charge in [-0.15, -0.1) is 10.2 Å². The fraction of sp³-hybridized carbons (Fsp3) is 0.333. The van der Waals surface area contributed by atoms with Crippen molar-refractivity contribution >= 4 is 17.7 Å². The van der Waals surface area contributed by atoms with Crippen LogP contribution in [0.4, 0.5) is 0 Å². The molecule has 2 aromatic heterocycles. The molecule has 0 spiro atoms. The van der Waals surface area contributed by atoms with Crippen LogP contribution in [0.2, 0.25) is 0 Å². The topological polar surface area (TPSA) is 81.9 Å². The Kier molecular flexibility index (Phi) is 6.09. The number of aromatic nitrogens is 4. The molecule has 2 heterocycles. The summed E-state index contributed by atoms with van der Waals surface area (Å²) in [5.74, 6) is 2.00. The van der Waals surface area contributed by atoms with E-state index in [1.807, 2.05) is 36.4 Å². The Hall–Kier alpha value is -2.87. The van der Waals surface area contributed by atoms with Gasteiger partial charge in [-0.05, 0) is 49.1 Å². The molecule has 0 atom stereocenters. The second-order valence-electron chi connectivity index (χ2n) is 6.88. The summed E-state index contributed by atoms with van der Waals surface area (Å²) in [5.41, 5.74) is 2.16. The Bertz CT molecular complexity index is 955. The maximum Gasteiger partial charge on any atom is 0.230 e. The smallest absolute Gasteiger partial charge is 0.230 e. The molecule has 1 aromatic carbocycles. The summed E-state index contributed by atoms with van der Waals surface area (Å²) in [6.45, 7) is 0.600. The lowest BCUT2D eigenvalue weighted by atomic mass is 10.1. The third-order valence-corrected chi connectivity index (χ3v) is 5.69. The van der Waals surface area contributed by atoms with Crippen molar-refractivity contribution in [2.45, 2.75) is 30.5 Å². The first-order chi connectivity index (χ1) is 14.2. The van der Waals surface area contributed by atoms with E-state index in [0.717, 1.165) is 47.1 Å². The molecule has 8 heteroatoms. The summed E-state index contributed by atoms with van der Waals surface area (Å²) >= 11 is 1.44. The number of hydrogen-bond donors (Lipinski definition) is 1. The molecule has 1 N–H and O–H groups in total. The van der Waals surface area contributed by atoms with E-state index < -0.39 is 0 Å².